The highest BCUT2D eigenvalue weighted by molar-refractivity contribution is 7.86. The molecule has 3 rings (SSSR count). The van der Waals surface area contributed by atoms with Crippen molar-refractivity contribution >= 4 is 26.1 Å². The van der Waals surface area contributed by atoms with Crippen molar-refractivity contribution in [3.8, 4) is 0 Å². The summed E-state index contributed by atoms with van der Waals surface area (Å²) >= 11 is 0. The summed E-state index contributed by atoms with van der Waals surface area (Å²) < 4.78 is 70.6. The molecular formula is C16H27NO9S2. The van der Waals surface area contributed by atoms with Crippen LogP contribution in [0.1, 0.15) is 46.0 Å². The van der Waals surface area contributed by atoms with Gasteiger partial charge in [-0.3, -0.25) is 13.2 Å². The topological polar surface area (TPSA) is 134 Å². The number of hydrogen-bond acceptors (Lipinski definition) is 9. The van der Waals surface area contributed by atoms with Crippen LogP contribution in [0, 0.1) is 0 Å². The second-order valence-corrected chi connectivity index (χ2v) is 11.2. The number of rotatable bonds is 5. The van der Waals surface area contributed by atoms with E-state index in [0.29, 0.717) is 12.8 Å². The molecule has 0 radical (unpaired) electrons. The highest BCUT2D eigenvalue weighted by Crippen LogP contribution is 2.50. The van der Waals surface area contributed by atoms with E-state index in [-0.39, 0.29) is 0 Å². The molecule has 5 atom stereocenters. The molecule has 1 heterocycles. The number of hydrogen-bond donors (Lipinski definition) is 1. The van der Waals surface area contributed by atoms with E-state index in [4.69, 9.17) is 17.8 Å². The third-order valence-electron chi connectivity index (χ3n) is 5.42. The molecule has 10 nitrogen and oxygen atoms in total. The molecule has 12 heteroatoms. The smallest absolute Gasteiger partial charge is 0.264 e. The van der Waals surface area contributed by atoms with Crippen LogP contribution in [0.15, 0.2) is 0 Å². The molecule has 2 saturated carbocycles. The summed E-state index contributed by atoms with van der Waals surface area (Å²) in [7, 11) is -7.91. The molecule has 2 aliphatic carbocycles. The van der Waals surface area contributed by atoms with E-state index >= 15 is 0 Å². The van der Waals surface area contributed by atoms with Gasteiger partial charge in [0.05, 0.1) is 18.1 Å². The predicted molar refractivity (Wildman–Crippen MR) is 97.2 cm³/mol. The van der Waals surface area contributed by atoms with Crippen molar-refractivity contribution in [3.05, 3.63) is 0 Å². The molecule has 1 unspecified atom stereocenters. The Kier molecular flexibility index (Phi) is 5.61. The van der Waals surface area contributed by atoms with Crippen LogP contribution in [0.2, 0.25) is 0 Å². The van der Waals surface area contributed by atoms with Crippen molar-refractivity contribution in [3.63, 3.8) is 0 Å². The van der Waals surface area contributed by atoms with Gasteiger partial charge < -0.3 is 14.8 Å². The van der Waals surface area contributed by atoms with Gasteiger partial charge in [0, 0.05) is 19.8 Å². The van der Waals surface area contributed by atoms with Crippen LogP contribution in [0.3, 0.4) is 0 Å². The minimum Gasteiger partial charge on any atom is -0.346 e. The average Bonchev–Trinajstić information content (AvgIpc) is 2.94. The summed E-state index contributed by atoms with van der Waals surface area (Å²) in [4.78, 5) is 11.8. The maximum absolute atomic E-state index is 11.9. The minimum absolute atomic E-state index is 0.501. The third kappa shape index (κ3) is 4.36. The summed E-state index contributed by atoms with van der Waals surface area (Å²) in [5.41, 5.74) is -1.51. The first-order valence-electron chi connectivity index (χ1n) is 9.16. The summed E-state index contributed by atoms with van der Waals surface area (Å²) in [6, 6.07) is 0. The van der Waals surface area contributed by atoms with E-state index in [1.807, 2.05) is 0 Å². The van der Waals surface area contributed by atoms with Crippen LogP contribution >= 0.6 is 0 Å². The van der Waals surface area contributed by atoms with Crippen molar-refractivity contribution in [2.45, 2.75) is 81.7 Å². The molecule has 1 saturated heterocycles. The fraction of sp³-hybridized carbons (Fsp3) is 0.938. The summed E-state index contributed by atoms with van der Waals surface area (Å²) in [5.74, 6) is -1.43. The third-order valence-corrected chi connectivity index (χ3v) is 6.54. The Hall–Kier alpha value is -0.790. The second-order valence-electron chi connectivity index (χ2n) is 8.04. The number of fused-ring (bicyclic) bond motifs is 1. The van der Waals surface area contributed by atoms with Gasteiger partial charge in [0.2, 0.25) is 5.91 Å². The molecule has 1 spiro atoms. The number of carbonyl (C=O) groups excluding carboxylic acids is 1. The van der Waals surface area contributed by atoms with E-state index in [1.165, 1.54) is 13.8 Å². The first-order chi connectivity index (χ1) is 12.7. The van der Waals surface area contributed by atoms with Crippen molar-refractivity contribution in [1.29, 1.82) is 0 Å². The van der Waals surface area contributed by atoms with Gasteiger partial charge in [0.15, 0.2) is 5.79 Å². The Morgan fingerprint density at radius 1 is 0.929 bits per heavy atom. The van der Waals surface area contributed by atoms with E-state index in [1.54, 1.807) is 0 Å². The summed E-state index contributed by atoms with van der Waals surface area (Å²) in [5, 5.41) is 2.61. The van der Waals surface area contributed by atoms with Crippen LogP contribution < -0.4 is 5.32 Å². The quantitative estimate of drug-likeness (QED) is 0.586. The molecule has 162 valence electrons. The molecule has 3 aliphatic rings. The van der Waals surface area contributed by atoms with E-state index < -0.39 is 61.9 Å². The SMILES string of the molecule is CC(=O)NC1(C)[C@H](OS(C)(=O)=O)[C@H]2OC3(CCCCC3)O[C@H]2[C@@H]1OS(C)(=O)=O. The van der Waals surface area contributed by atoms with E-state index in [2.05, 4.69) is 5.32 Å². The highest BCUT2D eigenvalue weighted by atomic mass is 32.2. The molecule has 1 N–H and O–H groups in total. The molecule has 0 aromatic carbocycles. The van der Waals surface area contributed by atoms with Crippen molar-refractivity contribution in [2.24, 2.45) is 0 Å². The molecule has 1 amide bonds. The zero-order chi connectivity index (χ0) is 21.0. The van der Waals surface area contributed by atoms with Crippen LogP contribution in [-0.4, -0.2) is 71.0 Å². The van der Waals surface area contributed by atoms with Gasteiger partial charge in [-0.1, -0.05) is 6.42 Å². The summed E-state index contributed by atoms with van der Waals surface area (Å²) in [6.07, 6.45) is 1.47. The Labute approximate surface area is 165 Å². The fourth-order valence-electron chi connectivity index (χ4n) is 4.50. The van der Waals surface area contributed by atoms with Crippen molar-refractivity contribution < 1.29 is 39.5 Å². The lowest BCUT2D eigenvalue weighted by Crippen LogP contribution is -2.62. The summed E-state index contributed by atoms with van der Waals surface area (Å²) in [6.45, 7) is 2.71. The lowest BCUT2D eigenvalue weighted by atomic mass is 9.92. The van der Waals surface area contributed by atoms with Gasteiger partial charge in [0.1, 0.15) is 24.4 Å². The van der Waals surface area contributed by atoms with E-state index in [0.717, 1.165) is 31.8 Å². The molecule has 0 aromatic rings. The van der Waals surface area contributed by atoms with Gasteiger partial charge in [-0.05, 0) is 19.8 Å². The van der Waals surface area contributed by atoms with Gasteiger partial charge in [-0.15, -0.1) is 0 Å². The minimum atomic E-state index is -3.95. The number of ether oxygens (including phenoxy) is 2. The second kappa shape index (κ2) is 7.17. The zero-order valence-corrected chi connectivity index (χ0v) is 18.0. The standard InChI is InChI=1S/C16H27NO9S2/c1-10(18)17-15(2)13(25-27(3,19)20)11-12(14(15)26-28(4,21)22)24-16(23-11)8-6-5-7-9-16/h11-14H,5-9H2,1-4H3,(H,17,18)/t11-,12+,13+,14-,15?. The molecule has 28 heavy (non-hydrogen) atoms. The highest BCUT2D eigenvalue weighted by Gasteiger charge is 2.69. The Balaban J connectivity index is 2.04. The van der Waals surface area contributed by atoms with E-state index in [9.17, 15) is 21.6 Å². The van der Waals surface area contributed by atoms with Crippen LogP contribution in [0.4, 0.5) is 0 Å². The molecular weight excluding hydrogens is 414 g/mol. The number of amides is 1. The largest absolute Gasteiger partial charge is 0.346 e. The number of carbonyl (C=O) groups is 1. The average molecular weight is 442 g/mol. The lowest BCUT2D eigenvalue weighted by molar-refractivity contribution is -0.218. The Morgan fingerprint density at radius 3 is 1.71 bits per heavy atom. The van der Waals surface area contributed by atoms with Crippen molar-refractivity contribution in [2.75, 3.05) is 12.5 Å². The predicted octanol–water partition coefficient (Wildman–Crippen LogP) is 0.0288. The van der Waals surface area contributed by atoms with Crippen LogP contribution in [0.25, 0.3) is 0 Å². The lowest BCUT2D eigenvalue weighted by Gasteiger charge is -2.40. The Morgan fingerprint density at radius 2 is 1.36 bits per heavy atom. The maximum Gasteiger partial charge on any atom is 0.264 e. The molecule has 0 bridgehead atoms. The monoisotopic (exact) mass is 441 g/mol. The van der Waals surface area contributed by atoms with Crippen LogP contribution in [0.5, 0.6) is 0 Å². The Bertz CT molecular complexity index is 780. The van der Waals surface area contributed by atoms with Gasteiger partial charge in [-0.25, -0.2) is 0 Å². The maximum atomic E-state index is 11.9. The van der Waals surface area contributed by atoms with Crippen LogP contribution in [-0.2, 0) is 42.9 Å². The number of nitrogens with one attached hydrogen (secondary N) is 1. The van der Waals surface area contributed by atoms with Gasteiger partial charge in [-0.2, -0.15) is 16.8 Å². The first-order valence-corrected chi connectivity index (χ1v) is 12.8. The molecule has 3 fully saturated rings. The molecule has 0 aromatic heterocycles. The van der Waals surface area contributed by atoms with Crippen molar-refractivity contribution in [1.82, 2.24) is 5.32 Å². The van der Waals surface area contributed by atoms with Gasteiger partial charge >= 0.3 is 0 Å². The molecule has 1 aliphatic heterocycles. The zero-order valence-electron chi connectivity index (χ0n) is 16.3. The van der Waals surface area contributed by atoms with Gasteiger partial charge in [0.25, 0.3) is 20.2 Å². The first kappa shape index (κ1) is 21.9. The fourth-order valence-corrected chi connectivity index (χ4v) is 5.88. The normalized spacial score (nSPS) is 37.7.